The smallest absolute Gasteiger partial charge is 0.134 e. The molecule has 88 valence electrons. The Morgan fingerprint density at radius 2 is 1.78 bits per heavy atom. The summed E-state index contributed by atoms with van der Waals surface area (Å²) in [6.07, 6.45) is 3.12. The monoisotopic (exact) mass is 237 g/mol. The Morgan fingerprint density at radius 3 is 2.61 bits per heavy atom. The fourth-order valence-corrected chi connectivity index (χ4v) is 1.91. The van der Waals surface area contributed by atoms with E-state index >= 15 is 0 Å². The summed E-state index contributed by atoms with van der Waals surface area (Å²) in [5.74, 6) is 0.955. The lowest BCUT2D eigenvalue weighted by molar-refractivity contribution is 1.23. The molecular formula is C13H11N5. The molecule has 2 aromatic heterocycles. The zero-order valence-corrected chi connectivity index (χ0v) is 9.54. The fourth-order valence-electron chi connectivity index (χ4n) is 1.91. The summed E-state index contributed by atoms with van der Waals surface area (Å²) in [5.41, 5.74) is 14.3. The van der Waals surface area contributed by atoms with Crippen molar-refractivity contribution in [3.05, 3.63) is 42.9 Å². The molecule has 0 fully saturated rings. The first-order valence-electron chi connectivity index (χ1n) is 5.47. The van der Waals surface area contributed by atoms with Gasteiger partial charge in [0.2, 0.25) is 0 Å². The van der Waals surface area contributed by atoms with E-state index in [1.807, 2.05) is 30.3 Å². The highest BCUT2D eigenvalue weighted by atomic mass is 14.9. The summed E-state index contributed by atoms with van der Waals surface area (Å²) >= 11 is 0. The largest absolute Gasteiger partial charge is 0.383 e. The van der Waals surface area contributed by atoms with Crippen LogP contribution in [0.1, 0.15) is 0 Å². The summed E-state index contributed by atoms with van der Waals surface area (Å²) in [4.78, 5) is 12.2. The molecule has 0 unspecified atom stereocenters. The van der Waals surface area contributed by atoms with Gasteiger partial charge in [0.05, 0.1) is 5.52 Å². The molecule has 0 aliphatic carbocycles. The average Bonchev–Trinajstić information content (AvgIpc) is 2.40. The number of rotatable bonds is 1. The zero-order valence-electron chi connectivity index (χ0n) is 9.54. The molecule has 3 aromatic rings. The van der Waals surface area contributed by atoms with Gasteiger partial charge in [-0.25, -0.2) is 15.0 Å². The van der Waals surface area contributed by atoms with E-state index in [0.29, 0.717) is 11.6 Å². The van der Waals surface area contributed by atoms with Crippen LogP contribution >= 0.6 is 0 Å². The van der Waals surface area contributed by atoms with Crippen LogP contribution in [0.15, 0.2) is 42.9 Å². The van der Waals surface area contributed by atoms with Gasteiger partial charge >= 0.3 is 0 Å². The molecule has 0 saturated heterocycles. The second-order valence-corrected chi connectivity index (χ2v) is 3.93. The van der Waals surface area contributed by atoms with Crippen LogP contribution in [0, 0.1) is 0 Å². The van der Waals surface area contributed by atoms with Crippen molar-refractivity contribution in [2.75, 3.05) is 11.5 Å². The Bertz CT molecular complexity index is 723. The Balaban J connectivity index is 2.26. The summed E-state index contributed by atoms with van der Waals surface area (Å²) in [6.45, 7) is 0. The number of aromatic nitrogens is 3. The quantitative estimate of drug-likeness (QED) is 0.674. The Kier molecular flexibility index (Phi) is 2.30. The maximum atomic E-state index is 5.86. The van der Waals surface area contributed by atoms with Gasteiger partial charge in [-0.1, -0.05) is 6.07 Å². The third-order valence-electron chi connectivity index (χ3n) is 2.82. The van der Waals surface area contributed by atoms with Crippen molar-refractivity contribution in [1.82, 2.24) is 15.0 Å². The Hall–Kier alpha value is -2.69. The molecule has 2 heterocycles. The molecule has 0 amide bonds. The molecule has 0 saturated carbocycles. The highest BCUT2D eigenvalue weighted by Crippen LogP contribution is 2.28. The lowest BCUT2D eigenvalue weighted by Gasteiger charge is -2.06. The first-order valence-corrected chi connectivity index (χ1v) is 5.47. The van der Waals surface area contributed by atoms with Crippen LogP contribution in [0.4, 0.5) is 11.6 Å². The molecule has 0 aliphatic heterocycles. The van der Waals surface area contributed by atoms with E-state index in [1.165, 1.54) is 6.33 Å². The van der Waals surface area contributed by atoms with E-state index in [2.05, 4.69) is 15.0 Å². The third-order valence-corrected chi connectivity index (χ3v) is 2.82. The van der Waals surface area contributed by atoms with Crippen molar-refractivity contribution >= 4 is 22.5 Å². The zero-order chi connectivity index (χ0) is 12.5. The minimum atomic E-state index is 0.462. The number of pyridine rings is 1. The molecule has 5 nitrogen and oxygen atoms in total. The second kappa shape index (κ2) is 3.96. The highest BCUT2D eigenvalue weighted by Gasteiger charge is 2.06. The van der Waals surface area contributed by atoms with E-state index < -0.39 is 0 Å². The van der Waals surface area contributed by atoms with Gasteiger partial charge in [-0.05, 0) is 29.8 Å². The van der Waals surface area contributed by atoms with E-state index in [4.69, 9.17) is 11.5 Å². The summed E-state index contributed by atoms with van der Waals surface area (Å²) < 4.78 is 0. The van der Waals surface area contributed by atoms with E-state index in [-0.39, 0.29) is 0 Å². The maximum Gasteiger partial charge on any atom is 0.134 e. The van der Waals surface area contributed by atoms with Crippen molar-refractivity contribution in [2.24, 2.45) is 0 Å². The molecule has 1 aromatic carbocycles. The minimum absolute atomic E-state index is 0.462. The topological polar surface area (TPSA) is 90.7 Å². The van der Waals surface area contributed by atoms with Crippen LogP contribution in [0.3, 0.4) is 0 Å². The van der Waals surface area contributed by atoms with Crippen LogP contribution in [0.2, 0.25) is 0 Å². The molecule has 4 N–H and O–H groups in total. The second-order valence-electron chi connectivity index (χ2n) is 3.93. The van der Waals surface area contributed by atoms with Gasteiger partial charge in [0, 0.05) is 17.1 Å². The molecule has 3 rings (SSSR count). The minimum Gasteiger partial charge on any atom is -0.383 e. The molecule has 0 atom stereocenters. The number of hydrogen-bond acceptors (Lipinski definition) is 5. The molecule has 5 heteroatoms. The summed E-state index contributed by atoms with van der Waals surface area (Å²) in [6, 6.07) is 9.54. The van der Waals surface area contributed by atoms with E-state index in [1.54, 1.807) is 6.20 Å². The van der Waals surface area contributed by atoms with Crippen molar-refractivity contribution in [3.8, 4) is 11.1 Å². The van der Waals surface area contributed by atoms with Gasteiger partial charge in [-0.15, -0.1) is 0 Å². The van der Waals surface area contributed by atoms with Crippen molar-refractivity contribution < 1.29 is 0 Å². The van der Waals surface area contributed by atoms with Gasteiger partial charge < -0.3 is 11.5 Å². The Morgan fingerprint density at radius 1 is 0.889 bits per heavy atom. The van der Waals surface area contributed by atoms with Crippen molar-refractivity contribution in [2.45, 2.75) is 0 Å². The molecule has 0 radical (unpaired) electrons. The first-order chi connectivity index (χ1) is 8.75. The van der Waals surface area contributed by atoms with Gasteiger partial charge in [-0.3, -0.25) is 0 Å². The third kappa shape index (κ3) is 1.62. The lowest BCUT2D eigenvalue weighted by atomic mass is 10.0. The molecule has 0 spiro atoms. The lowest BCUT2D eigenvalue weighted by Crippen LogP contribution is -1.95. The van der Waals surface area contributed by atoms with Crippen molar-refractivity contribution in [3.63, 3.8) is 0 Å². The molecular weight excluding hydrogens is 226 g/mol. The van der Waals surface area contributed by atoms with Crippen LogP contribution in [0.25, 0.3) is 22.0 Å². The standard InChI is InChI=1S/C13H11N5/c14-12-9(2-1-5-16-12)8-3-4-11-10(6-8)13(15)18-7-17-11/h1-7H,(H2,14,16)(H2,15,17,18). The predicted molar refractivity (Wildman–Crippen MR) is 71.6 cm³/mol. The highest BCUT2D eigenvalue weighted by molar-refractivity contribution is 5.92. The predicted octanol–water partition coefficient (Wildman–Crippen LogP) is 1.86. The number of nitrogen functional groups attached to an aromatic ring is 2. The molecule has 0 bridgehead atoms. The maximum absolute atomic E-state index is 5.86. The van der Waals surface area contributed by atoms with Gasteiger partial charge in [0.1, 0.15) is 18.0 Å². The fraction of sp³-hybridized carbons (Fsp3) is 0. The Labute approximate surface area is 104 Å². The van der Waals surface area contributed by atoms with Gasteiger partial charge in [-0.2, -0.15) is 0 Å². The number of nitrogens with two attached hydrogens (primary N) is 2. The number of anilines is 2. The van der Waals surface area contributed by atoms with Gasteiger partial charge in [0.25, 0.3) is 0 Å². The normalized spacial score (nSPS) is 10.7. The van der Waals surface area contributed by atoms with Crippen LogP contribution < -0.4 is 11.5 Å². The first kappa shape index (κ1) is 10.5. The van der Waals surface area contributed by atoms with E-state index in [9.17, 15) is 0 Å². The number of fused-ring (bicyclic) bond motifs is 1. The van der Waals surface area contributed by atoms with E-state index in [0.717, 1.165) is 22.0 Å². The van der Waals surface area contributed by atoms with Crippen LogP contribution in [-0.4, -0.2) is 15.0 Å². The van der Waals surface area contributed by atoms with Crippen LogP contribution in [0.5, 0.6) is 0 Å². The number of benzene rings is 1. The van der Waals surface area contributed by atoms with Crippen LogP contribution in [-0.2, 0) is 0 Å². The summed E-state index contributed by atoms with van der Waals surface area (Å²) in [7, 11) is 0. The van der Waals surface area contributed by atoms with Gasteiger partial charge in [0.15, 0.2) is 0 Å². The molecule has 0 aliphatic rings. The SMILES string of the molecule is Nc1ncccc1-c1ccc2ncnc(N)c2c1. The average molecular weight is 237 g/mol. The number of nitrogens with zero attached hydrogens (tertiary/aromatic N) is 3. The van der Waals surface area contributed by atoms with Crippen molar-refractivity contribution in [1.29, 1.82) is 0 Å². The molecule has 18 heavy (non-hydrogen) atoms. The number of hydrogen-bond donors (Lipinski definition) is 2. The summed E-state index contributed by atoms with van der Waals surface area (Å²) in [5, 5.41) is 0.818.